The standard InChI is InChI=1S/C16H14N2O/c1-11-5-2-3-7-14(11)19-15-9-8-13(17)16-12(15)6-4-10-18-16/h2-10H,17H2,1H3. The van der Waals surface area contributed by atoms with Gasteiger partial charge in [-0.3, -0.25) is 4.98 Å². The summed E-state index contributed by atoms with van der Waals surface area (Å²) in [6.45, 7) is 2.02. The molecule has 0 amide bonds. The number of nitrogens with zero attached hydrogens (tertiary/aromatic N) is 1. The highest BCUT2D eigenvalue weighted by Gasteiger charge is 2.07. The molecule has 2 N–H and O–H groups in total. The second kappa shape index (κ2) is 4.61. The van der Waals surface area contributed by atoms with Crippen LogP contribution in [0.4, 0.5) is 5.69 Å². The molecule has 0 bridgehead atoms. The number of anilines is 1. The Morgan fingerprint density at radius 1 is 0.947 bits per heavy atom. The predicted molar refractivity (Wildman–Crippen MR) is 77.4 cm³/mol. The summed E-state index contributed by atoms with van der Waals surface area (Å²) in [4.78, 5) is 4.30. The predicted octanol–water partition coefficient (Wildman–Crippen LogP) is 3.92. The van der Waals surface area contributed by atoms with Crippen LogP contribution in [0.5, 0.6) is 11.5 Å². The van der Waals surface area contributed by atoms with Crippen LogP contribution in [-0.4, -0.2) is 4.98 Å². The number of hydrogen-bond acceptors (Lipinski definition) is 3. The highest BCUT2D eigenvalue weighted by molar-refractivity contribution is 5.93. The van der Waals surface area contributed by atoms with Gasteiger partial charge in [-0.05, 0) is 42.8 Å². The van der Waals surface area contributed by atoms with Crippen molar-refractivity contribution in [2.45, 2.75) is 6.92 Å². The molecule has 94 valence electrons. The number of hydrogen-bond donors (Lipinski definition) is 1. The van der Waals surface area contributed by atoms with Gasteiger partial charge in [0.05, 0.1) is 11.2 Å². The fourth-order valence-corrected chi connectivity index (χ4v) is 2.05. The minimum Gasteiger partial charge on any atom is -0.456 e. The van der Waals surface area contributed by atoms with Gasteiger partial charge in [-0.1, -0.05) is 18.2 Å². The number of rotatable bonds is 2. The van der Waals surface area contributed by atoms with Crippen molar-refractivity contribution < 1.29 is 4.74 Å². The molecule has 3 rings (SSSR count). The van der Waals surface area contributed by atoms with Crippen LogP contribution in [0.3, 0.4) is 0 Å². The smallest absolute Gasteiger partial charge is 0.136 e. The molecule has 0 atom stereocenters. The first-order chi connectivity index (χ1) is 9.25. The van der Waals surface area contributed by atoms with Gasteiger partial charge in [-0.15, -0.1) is 0 Å². The lowest BCUT2D eigenvalue weighted by molar-refractivity contribution is 0.484. The number of benzene rings is 2. The lowest BCUT2D eigenvalue weighted by Crippen LogP contribution is -1.93. The van der Waals surface area contributed by atoms with Gasteiger partial charge < -0.3 is 10.5 Å². The minimum absolute atomic E-state index is 0.660. The van der Waals surface area contributed by atoms with Crippen LogP contribution in [0.1, 0.15) is 5.56 Å². The van der Waals surface area contributed by atoms with E-state index < -0.39 is 0 Å². The number of nitrogen functional groups attached to an aromatic ring is 1. The largest absolute Gasteiger partial charge is 0.456 e. The highest BCUT2D eigenvalue weighted by Crippen LogP contribution is 2.32. The summed E-state index contributed by atoms with van der Waals surface area (Å²) in [5, 5.41) is 0.922. The van der Waals surface area contributed by atoms with Crippen molar-refractivity contribution in [3.05, 3.63) is 60.3 Å². The van der Waals surface area contributed by atoms with E-state index in [0.29, 0.717) is 5.69 Å². The van der Waals surface area contributed by atoms with E-state index >= 15 is 0 Å². The molecule has 0 fully saturated rings. The summed E-state index contributed by atoms with van der Waals surface area (Å²) < 4.78 is 5.98. The maximum atomic E-state index is 5.98. The first kappa shape index (κ1) is 11.5. The van der Waals surface area contributed by atoms with Crippen LogP contribution < -0.4 is 10.5 Å². The summed E-state index contributed by atoms with van der Waals surface area (Å²) >= 11 is 0. The maximum Gasteiger partial charge on any atom is 0.136 e. The third kappa shape index (κ3) is 2.10. The summed E-state index contributed by atoms with van der Waals surface area (Å²) in [5.41, 5.74) is 8.46. The van der Waals surface area contributed by atoms with Gasteiger partial charge in [-0.25, -0.2) is 0 Å². The SMILES string of the molecule is Cc1ccccc1Oc1ccc(N)c2ncccc12. The Bertz CT molecular complexity index is 738. The van der Waals surface area contributed by atoms with Gasteiger partial charge in [-0.2, -0.15) is 0 Å². The molecule has 0 aliphatic rings. The van der Waals surface area contributed by atoms with E-state index in [9.17, 15) is 0 Å². The topological polar surface area (TPSA) is 48.1 Å². The van der Waals surface area contributed by atoms with Gasteiger partial charge in [0.1, 0.15) is 11.5 Å². The summed E-state index contributed by atoms with van der Waals surface area (Å²) in [6.07, 6.45) is 1.73. The van der Waals surface area contributed by atoms with Crippen LogP contribution in [0.25, 0.3) is 10.9 Å². The lowest BCUT2D eigenvalue weighted by Gasteiger charge is -2.11. The molecule has 0 spiro atoms. The number of aromatic nitrogens is 1. The first-order valence-electron chi connectivity index (χ1n) is 6.12. The van der Waals surface area contributed by atoms with Gasteiger partial charge in [0.25, 0.3) is 0 Å². The Morgan fingerprint density at radius 2 is 1.79 bits per heavy atom. The average molecular weight is 250 g/mol. The molecule has 2 aromatic carbocycles. The Balaban J connectivity index is 2.12. The Kier molecular flexibility index (Phi) is 2.80. The fraction of sp³-hybridized carbons (Fsp3) is 0.0625. The van der Waals surface area contributed by atoms with Crippen LogP contribution in [0.15, 0.2) is 54.7 Å². The second-order valence-corrected chi connectivity index (χ2v) is 4.42. The highest BCUT2D eigenvalue weighted by atomic mass is 16.5. The molecule has 0 aliphatic heterocycles. The molecule has 3 aromatic rings. The third-order valence-corrected chi connectivity index (χ3v) is 3.07. The molecule has 1 aromatic heterocycles. The van der Waals surface area contributed by atoms with E-state index in [0.717, 1.165) is 28.0 Å². The van der Waals surface area contributed by atoms with Crippen molar-refractivity contribution in [2.75, 3.05) is 5.73 Å². The molecule has 0 saturated carbocycles. The van der Waals surface area contributed by atoms with E-state index in [4.69, 9.17) is 10.5 Å². The number of para-hydroxylation sites is 1. The Labute approximate surface area is 111 Å². The molecular weight excluding hydrogens is 236 g/mol. The van der Waals surface area contributed by atoms with Crippen LogP contribution in [-0.2, 0) is 0 Å². The molecule has 0 unspecified atom stereocenters. The summed E-state index contributed by atoms with van der Waals surface area (Å²) in [5.74, 6) is 1.61. The van der Waals surface area contributed by atoms with Crippen molar-refractivity contribution >= 4 is 16.6 Å². The molecule has 0 saturated heterocycles. The second-order valence-electron chi connectivity index (χ2n) is 4.42. The van der Waals surface area contributed by atoms with Gasteiger partial charge >= 0.3 is 0 Å². The number of nitrogens with two attached hydrogens (primary N) is 1. The molecule has 1 heterocycles. The zero-order valence-electron chi connectivity index (χ0n) is 10.6. The minimum atomic E-state index is 0.660. The van der Waals surface area contributed by atoms with Crippen molar-refractivity contribution in [2.24, 2.45) is 0 Å². The molecular formula is C16H14N2O. The normalized spacial score (nSPS) is 10.6. The molecule has 3 nitrogen and oxygen atoms in total. The van der Waals surface area contributed by atoms with Gasteiger partial charge in [0, 0.05) is 11.6 Å². The number of pyridine rings is 1. The number of ether oxygens (including phenoxy) is 1. The van der Waals surface area contributed by atoms with Crippen molar-refractivity contribution in [1.82, 2.24) is 4.98 Å². The Hall–Kier alpha value is -2.55. The molecule has 3 heteroatoms. The quantitative estimate of drug-likeness (QED) is 0.701. The van der Waals surface area contributed by atoms with E-state index in [1.807, 2.05) is 55.5 Å². The van der Waals surface area contributed by atoms with Crippen molar-refractivity contribution in [3.8, 4) is 11.5 Å². The van der Waals surface area contributed by atoms with Gasteiger partial charge in [0.2, 0.25) is 0 Å². The number of aryl methyl sites for hydroxylation is 1. The van der Waals surface area contributed by atoms with Crippen LogP contribution >= 0.6 is 0 Å². The van der Waals surface area contributed by atoms with E-state index in [1.54, 1.807) is 6.20 Å². The van der Waals surface area contributed by atoms with E-state index in [-0.39, 0.29) is 0 Å². The van der Waals surface area contributed by atoms with Crippen LogP contribution in [0.2, 0.25) is 0 Å². The summed E-state index contributed by atoms with van der Waals surface area (Å²) in [7, 11) is 0. The number of fused-ring (bicyclic) bond motifs is 1. The lowest BCUT2D eigenvalue weighted by atomic mass is 10.1. The zero-order valence-corrected chi connectivity index (χ0v) is 10.6. The van der Waals surface area contributed by atoms with E-state index in [2.05, 4.69) is 4.98 Å². The summed E-state index contributed by atoms with van der Waals surface area (Å²) in [6, 6.07) is 15.5. The molecule has 0 radical (unpaired) electrons. The van der Waals surface area contributed by atoms with Gasteiger partial charge in [0.15, 0.2) is 0 Å². The molecule has 0 aliphatic carbocycles. The monoisotopic (exact) mass is 250 g/mol. The average Bonchev–Trinajstić information content (AvgIpc) is 2.44. The fourth-order valence-electron chi connectivity index (χ4n) is 2.05. The van der Waals surface area contributed by atoms with Crippen LogP contribution in [0, 0.1) is 6.92 Å². The Morgan fingerprint density at radius 3 is 2.63 bits per heavy atom. The zero-order chi connectivity index (χ0) is 13.2. The van der Waals surface area contributed by atoms with Crippen molar-refractivity contribution in [1.29, 1.82) is 0 Å². The first-order valence-corrected chi connectivity index (χ1v) is 6.12. The van der Waals surface area contributed by atoms with E-state index in [1.165, 1.54) is 0 Å². The van der Waals surface area contributed by atoms with Crippen molar-refractivity contribution in [3.63, 3.8) is 0 Å². The third-order valence-electron chi connectivity index (χ3n) is 3.07. The molecule has 19 heavy (non-hydrogen) atoms. The maximum absolute atomic E-state index is 5.98.